The van der Waals surface area contributed by atoms with E-state index in [1.807, 2.05) is 0 Å². The smallest absolute Gasteiger partial charge is 0.350 e. The normalized spacial score (nSPS) is 17.5. The molecule has 0 aromatic carbocycles. The van der Waals surface area contributed by atoms with Crippen LogP contribution in [0.5, 0.6) is 0 Å². The van der Waals surface area contributed by atoms with E-state index in [0.29, 0.717) is 5.69 Å². The van der Waals surface area contributed by atoms with Crippen molar-refractivity contribution >= 4 is 17.6 Å². The standard InChI is InChI=1S/C12H11FN2O4/c1-12(2)18-10(16)8(11(17)19-12)6-14-7-3-4-9(13)15-5-7/h3-6,14H,1-2H3. The van der Waals surface area contributed by atoms with Gasteiger partial charge in [0.25, 0.3) is 5.79 Å². The van der Waals surface area contributed by atoms with Crippen molar-refractivity contribution in [3.05, 3.63) is 36.1 Å². The highest BCUT2D eigenvalue weighted by Crippen LogP contribution is 2.22. The molecular formula is C12H11FN2O4. The number of pyridine rings is 1. The fourth-order valence-corrected chi connectivity index (χ4v) is 1.40. The number of hydrogen-bond acceptors (Lipinski definition) is 6. The minimum Gasteiger partial charge on any atom is -0.419 e. The van der Waals surface area contributed by atoms with Crippen LogP contribution in [0, 0.1) is 5.95 Å². The van der Waals surface area contributed by atoms with Crippen LogP contribution in [0.4, 0.5) is 10.1 Å². The molecule has 1 aliphatic rings. The van der Waals surface area contributed by atoms with Crippen molar-refractivity contribution in [2.45, 2.75) is 19.6 Å². The van der Waals surface area contributed by atoms with E-state index >= 15 is 0 Å². The van der Waals surface area contributed by atoms with Gasteiger partial charge in [0.1, 0.15) is 0 Å². The number of cyclic esters (lactones) is 2. The van der Waals surface area contributed by atoms with E-state index in [0.717, 1.165) is 12.3 Å². The van der Waals surface area contributed by atoms with Crippen molar-refractivity contribution in [3.8, 4) is 0 Å². The molecule has 1 fully saturated rings. The summed E-state index contributed by atoms with van der Waals surface area (Å²) in [7, 11) is 0. The number of nitrogens with one attached hydrogen (secondary N) is 1. The lowest BCUT2D eigenvalue weighted by Gasteiger charge is -2.29. The van der Waals surface area contributed by atoms with Gasteiger partial charge in [-0.15, -0.1) is 0 Å². The number of halogens is 1. The first kappa shape index (κ1) is 13.0. The molecular weight excluding hydrogens is 255 g/mol. The Labute approximate surface area is 108 Å². The largest absolute Gasteiger partial charge is 0.419 e. The summed E-state index contributed by atoms with van der Waals surface area (Å²) in [5.74, 6) is -3.48. The molecule has 0 bridgehead atoms. The predicted octanol–water partition coefficient (Wildman–Crippen LogP) is 1.35. The first-order valence-electron chi connectivity index (χ1n) is 5.42. The zero-order valence-corrected chi connectivity index (χ0v) is 10.3. The predicted molar refractivity (Wildman–Crippen MR) is 62.2 cm³/mol. The van der Waals surface area contributed by atoms with Crippen LogP contribution in [-0.2, 0) is 19.1 Å². The van der Waals surface area contributed by atoms with Gasteiger partial charge >= 0.3 is 11.9 Å². The number of carbonyl (C=O) groups is 2. The maximum Gasteiger partial charge on any atom is 0.350 e. The minimum absolute atomic E-state index is 0.274. The molecule has 0 atom stereocenters. The fourth-order valence-electron chi connectivity index (χ4n) is 1.40. The molecule has 1 aromatic heterocycles. The third-order valence-corrected chi connectivity index (χ3v) is 2.23. The Kier molecular flexibility index (Phi) is 3.20. The molecule has 100 valence electrons. The van der Waals surface area contributed by atoms with Gasteiger partial charge in [-0.05, 0) is 12.1 Å². The van der Waals surface area contributed by atoms with Crippen LogP contribution in [0.3, 0.4) is 0 Å². The monoisotopic (exact) mass is 266 g/mol. The van der Waals surface area contributed by atoms with E-state index < -0.39 is 23.7 Å². The van der Waals surface area contributed by atoms with Crippen LogP contribution >= 0.6 is 0 Å². The highest BCUT2D eigenvalue weighted by molar-refractivity contribution is 6.15. The Morgan fingerprint density at radius 2 is 1.89 bits per heavy atom. The van der Waals surface area contributed by atoms with Crippen LogP contribution in [0.15, 0.2) is 30.1 Å². The van der Waals surface area contributed by atoms with Crippen LogP contribution < -0.4 is 5.32 Å². The Morgan fingerprint density at radius 1 is 1.26 bits per heavy atom. The quantitative estimate of drug-likeness (QED) is 0.377. The second-order valence-electron chi connectivity index (χ2n) is 4.25. The van der Waals surface area contributed by atoms with Crippen molar-refractivity contribution in [1.82, 2.24) is 4.98 Å². The van der Waals surface area contributed by atoms with Gasteiger partial charge in [0.05, 0.1) is 11.9 Å². The number of anilines is 1. The molecule has 1 saturated heterocycles. The highest BCUT2D eigenvalue weighted by Gasteiger charge is 2.38. The molecule has 0 radical (unpaired) electrons. The van der Waals surface area contributed by atoms with Gasteiger partial charge in [-0.2, -0.15) is 4.39 Å². The maximum absolute atomic E-state index is 12.6. The highest BCUT2D eigenvalue weighted by atomic mass is 19.1. The van der Waals surface area contributed by atoms with Crippen LogP contribution in [-0.4, -0.2) is 22.7 Å². The number of nitrogens with zero attached hydrogens (tertiary/aromatic N) is 1. The lowest BCUT2D eigenvalue weighted by molar-refractivity contribution is -0.222. The summed E-state index contributed by atoms with van der Waals surface area (Å²) in [5.41, 5.74) is 0.142. The Morgan fingerprint density at radius 3 is 2.42 bits per heavy atom. The van der Waals surface area contributed by atoms with Gasteiger partial charge < -0.3 is 14.8 Å². The maximum atomic E-state index is 12.6. The molecule has 0 spiro atoms. The summed E-state index contributed by atoms with van der Waals surface area (Å²) in [5, 5.41) is 2.64. The zero-order valence-electron chi connectivity index (χ0n) is 10.3. The summed E-state index contributed by atoms with van der Waals surface area (Å²) in [6.45, 7) is 2.91. The topological polar surface area (TPSA) is 77.5 Å². The van der Waals surface area contributed by atoms with Crippen molar-refractivity contribution in [3.63, 3.8) is 0 Å². The van der Waals surface area contributed by atoms with E-state index in [2.05, 4.69) is 10.3 Å². The third-order valence-electron chi connectivity index (χ3n) is 2.23. The molecule has 7 heteroatoms. The summed E-state index contributed by atoms with van der Waals surface area (Å²) in [6, 6.07) is 2.55. The minimum atomic E-state index is -1.27. The Balaban J connectivity index is 2.13. The molecule has 19 heavy (non-hydrogen) atoms. The molecule has 0 aliphatic carbocycles. The molecule has 1 aliphatic heterocycles. The summed E-state index contributed by atoms with van der Waals surface area (Å²) in [4.78, 5) is 26.6. The van der Waals surface area contributed by atoms with Gasteiger partial charge in [0.2, 0.25) is 5.95 Å². The molecule has 1 aromatic rings. The average Bonchev–Trinajstić information content (AvgIpc) is 2.29. The number of rotatable bonds is 2. The number of esters is 2. The van der Waals surface area contributed by atoms with Crippen LogP contribution in [0.1, 0.15) is 13.8 Å². The summed E-state index contributed by atoms with van der Waals surface area (Å²) >= 11 is 0. The van der Waals surface area contributed by atoms with Gasteiger partial charge in [-0.25, -0.2) is 14.6 Å². The molecule has 1 N–H and O–H groups in total. The van der Waals surface area contributed by atoms with Crippen LogP contribution in [0.2, 0.25) is 0 Å². The van der Waals surface area contributed by atoms with E-state index in [9.17, 15) is 14.0 Å². The second kappa shape index (κ2) is 4.68. The van der Waals surface area contributed by atoms with E-state index in [4.69, 9.17) is 9.47 Å². The SMILES string of the molecule is CC1(C)OC(=O)C(=CNc2ccc(F)nc2)C(=O)O1. The number of carbonyl (C=O) groups excluding carboxylic acids is 2. The van der Waals surface area contributed by atoms with Gasteiger partial charge in [0, 0.05) is 20.0 Å². The van der Waals surface area contributed by atoms with Gasteiger partial charge in [-0.3, -0.25) is 0 Å². The van der Waals surface area contributed by atoms with Crippen molar-refractivity contribution < 1.29 is 23.5 Å². The fraction of sp³-hybridized carbons (Fsp3) is 0.250. The molecule has 6 nitrogen and oxygen atoms in total. The first-order valence-corrected chi connectivity index (χ1v) is 5.42. The van der Waals surface area contributed by atoms with Crippen molar-refractivity contribution in [1.29, 1.82) is 0 Å². The number of hydrogen-bond donors (Lipinski definition) is 1. The molecule has 0 unspecified atom stereocenters. The number of ether oxygens (including phenoxy) is 2. The van der Waals surface area contributed by atoms with E-state index in [1.165, 1.54) is 26.1 Å². The van der Waals surface area contributed by atoms with Crippen molar-refractivity contribution in [2.75, 3.05) is 5.32 Å². The summed E-state index contributed by atoms with van der Waals surface area (Å²) in [6.07, 6.45) is 2.35. The van der Waals surface area contributed by atoms with E-state index in [-0.39, 0.29) is 5.57 Å². The van der Waals surface area contributed by atoms with Crippen molar-refractivity contribution in [2.24, 2.45) is 0 Å². The lowest BCUT2D eigenvalue weighted by atomic mass is 10.2. The lowest BCUT2D eigenvalue weighted by Crippen LogP contribution is -2.42. The number of aromatic nitrogens is 1. The van der Waals surface area contributed by atoms with E-state index in [1.54, 1.807) is 0 Å². The van der Waals surface area contributed by atoms with Crippen LogP contribution in [0.25, 0.3) is 0 Å². The first-order chi connectivity index (χ1) is 8.87. The zero-order chi connectivity index (χ0) is 14.0. The van der Waals surface area contributed by atoms with Gasteiger partial charge in [-0.1, -0.05) is 0 Å². The second-order valence-corrected chi connectivity index (χ2v) is 4.25. The molecule has 2 heterocycles. The van der Waals surface area contributed by atoms with Gasteiger partial charge in [0.15, 0.2) is 5.57 Å². The summed E-state index contributed by atoms with van der Waals surface area (Å²) < 4.78 is 22.4. The Bertz CT molecular complexity index is 529. The molecule has 0 amide bonds. The molecule has 0 saturated carbocycles. The third kappa shape index (κ3) is 3.06. The average molecular weight is 266 g/mol. The Hall–Kier alpha value is -2.44. The molecule has 2 rings (SSSR count).